The SMILES string of the molecule is NC(=O)C1CCC([C@@H]2c3ccccc3-c3cncn32)CC1.NC(=O)C1CCC([C@@H]2c3ccccc3-c3cncn32)CC1.NC(=O)C1CCC([C@H]2c3ccccc3-c3cncn32)CC1.NC(=O)C1CCC([C@H]2c3ccccc3-c3cncn32)CC1. The topological polar surface area (TPSA) is 244 Å². The lowest BCUT2D eigenvalue weighted by atomic mass is 9.76. The summed E-state index contributed by atoms with van der Waals surface area (Å²) in [6.07, 6.45) is 31.4. The lowest BCUT2D eigenvalue weighted by Gasteiger charge is -2.32. The minimum atomic E-state index is -0.136. The number of nitrogens with zero attached hydrogens (tertiary/aromatic N) is 8. The molecular weight excluding hydrogens is 1050 g/mol. The lowest BCUT2D eigenvalue weighted by molar-refractivity contribution is -0.123. The van der Waals surface area contributed by atoms with Gasteiger partial charge in [-0.15, -0.1) is 0 Å². The van der Waals surface area contributed by atoms with Gasteiger partial charge in [0.2, 0.25) is 23.6 Å². The molecule has 4 amide bonds. The third kappa shape index (κ3) is 10.1. The van der Waals surface area contributed by atoms with Gasteiger partial charge in [-0.2, -0.15) is 0 Å². The summed E-state index contributed by atoms with van der Waals surface area (Å²) in [5.41, 5.74) is 37.5. The molecule has 8 aliphatic rings. The molecular formula is C68H76N12O4. The van der Waals surface area contributed by atoms with Crippen LogP contribution in [0.2, 0.25) is 0 Å². The van der Waals surface area contributed by atoms with Crippen molar-refractivity contribution < 1.29 is 19.2 Å². The Balaban J connectivity index is 0.000000104. The van der Waals surface area contributed by atoms with E-state index in [0.717, 1.165) is 103 Å². The molecule has 4 atom stereocenters. The van der Waals surface area contributed by atoms with E-state index in [0.29, 0.717) is 47.8 Å². The van der Waals surface area contributed by atoms with E-state index in [9.17, 15) is 19.2 Å². The van der Waals surface area contributed by atoms with Crippen molar-refractivity contribution in [3.05, 3.63) is 169 Å². The first kappa shape index (κ1) is 54.8. The number of primary amides is 4. The Bertz CT molecular complexity index is 3210. The van der Waals surface area contributed by atoms with Gasteiger partial charge in [-0.05, 0) is 149 Å². The molecule has 4 aliphatic heterocycles. The molecule has 0 saturated heterocycles. The Morgan fingerprint density at radius 1 is 0.298 bits per heavy atom. The normalized spacial score (nSPS) is 27.1. The first-order valence-corrected chi connectivity index (χ1v) is 30.6. The van der Waals surface area contributed by atoms with Crippen molar-refractivity contribution >= 4 is 23.6 Å². The number of imidazole rings is 4. The highest BCUT2D eigenvalue weighted by Crippen LogP contribution is 2.52. The van der Waals surface area contributed by atoms with Crippen molar-refractivity contribution in [2.24, 2.45) is 70.3 Å². The van der Waals surface area contributed by atoms with Crippen LogP contribution < -0.4 is 22.9 Å². The fraction of sp³-hybridized carbons (Fsp3) is 0.412. The molecule has 0 unspecified atom stereocenters. The number of carbonyl (C=O) groups is 4. The minimum Gasteiger partial charge on any atom is -0.369 e. The molecule has 16 nitrogen and oxygen atoms in total. The third-order valence-electron chi connectivity index (χ3n) is 20.6. The van der Waals surface area contributed by atoms with Crippen LogP contribution >= 0.6 is 0 Å². The number of benzene rings is 4. The average Bonchev–Trinajstić information content (AvgIpc) is 3.63. The van der Waals surface area contributed by atoms with Crippen molar-refractivity contribution in [2.45, 2.75) is 127 Å². The number of hydrogen-bond acceptors (Lipinski definition) is 8. The highest BCUT2D eigenvalue weighted by molar-refractivity contribution is 5.79. The van der Waals surface area contributed by atoms with E-state index < -0.39 is 0 Å². The maximum absolute atomic E-state index is 11.3. The summed E-state index contributed by atoms with van der Waals surface area (Å²) in [6, 6.07) is 35.9. The molecule has 0 radical (unpaired) electrons. The van der Waals surface area contributed by atoms with Crippen LogP contribution in [0, 0.1) is 47.3 Å². The smallest absolute Gasteiger partial charge is 0.220 e. The van der Waals surface area contributed by atoms with E-state index in [1.807, 2.05) is 50.1 Å². The zero-order chi connectivity index (χ0) is 57.6. The molecule has 16 rings (SSSR count). The predicted octanol–water partition coefficient (Wildman–Crippen LogP) is 11.0. The number of rotatable bonds is 8. The molecule has 8 heterocycles. The highest BCUT2D eigenvalue weighted by Gasteiger charge is 2.41. The molecule has 0 spiro atoms. The lowest BCUT2D eigenvalue weighted by Crippen LogP contribution is -2.30. The van der Waals surface area contributed by atoms with E-state index in [-0.39, 0.29) is 47.3 Å². The predicted molar refractivity (Wildman–Crippen MR) is 322 cm³/mol. The van der Waals surface area contributed by atoms with Crippen LogP contribution in [0.5, 0.6) is 0 Å². The Kier molecular flexibility index (Phi) is 15.2. The maximum Gasteiger partial charge on any atom is 0.220 e. The highest BCUT2D eigenvalue weighted by atomic mass is 16.2. The summed E-state index contributed by atoms with van der Waals surface area (Å²) in [7, 11) is 0. The summed E-state index contributed by atoms with van der Waals surface area (Å²) in [5, 5.41) is 0. The first-order chi connectivity index (χ1) is 41.0. The fourth-order valence-corrected chi connectivity index (χ4v) is 16.3. The second-order valence-corrected chi connectivity index (χ2v) is 24.9. The van der Waals surface area contributed by atoms with Gasteiger partial charge in [-0.1, -0.05) is 97.1 Å². The van der Waals surface area contributed by atoms with Crippen LogP contribution in [-0.2, 0) is 19.2 Å². The molecule has 432 valence electrons. The zero-order valence-electron chi connectivity index (χ0n) is 47.6. The van der Waals surface area contributed by atoms with Crippen molar-refractivity contribution in [1.29, 1.82) is 0 Å². The minimum absolute atomic E-state index is 0.0696. The number of carbonyl (C=O) groups excluding carboxylic acids is 4. The van der Waals surface area contributed by atoms with Gasteiger partial charge in [0, 0.05) is 45.9 Å². The number of fused-ring (bicyclic) bond motifs is 12. The number of amides is 4. The van der Waals surface area contributed by atoms with Crippen molar-refractivity contribution in [2.75, 3.05) is 0 Å². The summed E-state index contributed by atoms with van der Waals surface area (Å²) < 4.78 is 9.22. The molecule has 8 N–H and O–H groups in total. The number of aromatic nitrogens is 8. The van der Waals surface area contributed by atoms with Crippen LogP contribution in [0.4, 0.5) is 0 Å². The quantitative estimate of drug-likeness (QED) is 0.114. The van der Waals surface area contributed by atoms with Gasteiger partial charge in [0.1, 0.15) is 0 Å². The van der Waals surface area contributed by atoms with Crippen LogP contribution in [0.15, 0.2) is 147 Å². The second kappa shape index (κ2) is 23.3. The fourth-order valence-electron chi connectivity index (χ4n) is 16.3. The zero-order valence-corrected chi connectivity index (χ0v) is 47.6. The van der Waals surface area contributed by atoms with Crippen LogP contribution in [-0.4, -0.2) is 61.8 Å². The molecule has 84 heavy (non-hydrogen) atoms. The Hall–Kier alpha value is -8.40. The first-order valence-electron chi connectivity index (χ1n) is 30.6. The molecule has 4 fully saturated rings. The van der Waals surface area contributed by atoms with E-state index >= 15 is 0 Å². The summed E-state index contributed by atoms with van der Waals surface area (Å²) in [4.78, 5) is 62.7. The van der Waals surface area contributed by atoms with Gasteiger partial charge >= 0.3 is 0 Å². The van der Waals surface area contributed by atoms with Gasteiger partial charge in [-0.25, -0.2) is 19.9 Å². The van der Waals surface area contributed by atoms with E-state index in [1.165, 1.54) is 67.3 Å². The van der Waals surface area contributed by atoms with Gasteiger partial charge in [0.25, 0.3) is 0 Å². The van der Waals surface area contributed by atoms with Crippen LogP contribution in [0.3, 0.4) is 0 Å². The number of hydrogen-bond donors (Lipinski definition) is 4. The van der Waals surface area contributed by atoms with E-state index in [2.05, 4.69) is 135 Å². The monoisotopic (exact) mass is 1120 g/mol. The Morgan fingerprint density at radius 2 is 0.488 bits per heavy atom. The van der Waals surface area contributed by atoms with Crippen molar-refractivity contribution in [3.63, 3.8) is 0 Å². The van der Waals surface area contributed by atoms with Gasteiger partial charge in [-0.3, -0.25) is 19.2 Å². The van der Waals surface area contributed by atoms with Crippen LogP contribution in [0.25, 0.3) is 45.0 Å². The molecule has 4 aromatic carbocycles. The van der Waals surface area contributed by atoms with E-state index in [4.69, 9.17) is 22.9 Å². The summed E-state index contributed by atoms with van der Waals surface area (Å²) >= 11 is 0. The molecule has 4 saturated carbocycles. The van der Waals surface area contributed by atoms with E-state index in [1.54, 1.807) is 0 Å². The molecule has 16 heteroatoms. The summed E-state index contributed by atoms with van der Waals surface area (Å²) in [5.74, 6) is 2.00. The maximum atomic E-state index is 11.3. The van der Waals surface area contributed by atoms with Crippen molar-refractivity contribution in [3.8, 4) is 45.0 Å². The molecule has 4 aliphatic carbocycles. The Morgan fingerprint density at radius 3 is 0.679 bits per heavy atom. The van der Waals surface area contributed by atoms with Crippen molar-refractivity contribution in [1.82, 2.24) is 38.2 Å². The molecule has 8 aromatic rings. The molecule has 0 bridgehead atoms. The third-order valence-corrected chi connectivity index (χ3v) is 20.6. The van der Waals surface area contributed by atoms with Gasteiger partial charge in [0.15, 0.2) is 0 Å². The van der Waals surface area contributed by atoms with Gasteiger partial charge in [0.05, 0.1) is 97.0 Å². The average molecular weight is 1130 g/mol. The number of nitrogens with two attached hydrogens (primary N) is 4. The standard InChI is InChI=1S/4C17H19N3O/c4*18-17(21)12-7-5-11(6-8-12)16-14-4-2-1-3-13(14)15-9-19-10-20(15)16/h4*1-4,9-12,16H,5-8H2,(H2,18,21)/t4*11?,12?,16-/m1100/s1. The van der Waals surface area contributed by atoms with Gasteiger partial charge < -0.3 is 41.2 Å². The Labute approximate surface area is 490 Å². The summed E-state index contributed by atoms with van der Waals surface area (Å²) in [6.45, 7) is 0. The molecule has 4 aromatic heterocycles. The second-order valence-electron chi connectivity index (χ2n) is 24.9. The largest absolute Gasteiger partial charge is 0.369 e. The van der Waals surface area contributed by atoms with Crippen LogP contribution in [0.1, 0.15) is 149 Å².